The van der Waals surface area contributed by atoms with Crippen molar-refractivity contribution in [3.8, 4) is 5.75 Å². The number of hydrogen-bond acceptors (Lipinski definition) is 2. The molecular weight excluding hydrogens is 228 g/mol. The van der Waals surface area contributed by atoms with E-state index in [1.165, 1.54) is 5.57 Å². The van der Waals surface area contributed by atoms with E-state index in [0.717, 1.165) is 17.7 Å². The van der Waals surface area contributed by atoms with Gasteiger partial charge in [0.05, 0.1) is 13.5 Å². The fourth-order valence-corrected chi connectivity index (χ4v) is 1.58. The summed E-state index contributed by atoms with van der Waals surface area (Å²) in [5, 5.41) is 8.52. The van der Waals surface area contributed by atoms with Gasteiger partial charge in [-0.15, -0.1) is 0 Å². The molecule has 0 aliphatic rings. The molecule has 0 saturated heterocycles. The smallest absolute Gasteiger partial charge is 0.307 e. The number of carbonyl (C=O) groups is 1. The first-order valence-corrected chi connectivity index (χ1v) is 5.89. The van der Waals surface area contributed by atoms with Crippen molar-refractivity contribution < 1.29 is 14.6 Å². The van der Waals surface area contributed by atoms with Crippen LogP contribution in [0.4, 0.5) is 0 Å². The maximum atomic E-state index is 10.4. The molecule has 96 valence electrons. The summed E-state index contributed by atoms with van der Waals surface area (Å²) in [5.74, 6) is 0.0118. The molecule has 18 heavy (non-hydrogen) atoms. The Kier molecular flexibility index (Phi) is 5.71. The van der Waals surface area contributed by atoms with E-state index in [-0.39, 0.29) is 6.42 Å². The Hall–Kier alpha value is -2.03. The quantitative estimate of drug-likeness (QED) is 0.781. The van der Waals surface area contributed by atoms with Crippen LogP contribution in [0.15, 0.2) is 42.5 Å². The molecule has 1 aromatic rings. The number of allylic oxidation sites excluding steroid dienone is 3. The molecule has 1 rings (SSSR count). The summed E-state index contributed by atoms with van der Waals surface area (Å²) in [7, 11) is 1.64. The van der Waals surface area contributed by atoms with E-state index in [1.807, 2.05) is 30.3 Å². The summed E-state index contributed by atoms with van der Waals surface area (Å²) in [4.78, 5) is 10.4. The average molecular weight is 246 g/mol. The first kappa shape index (κ1) is 14.0. The maximum Gasteiger partial charge on any atom is 0.307 e. The van der Waals surface area contributed by atoms with Gasteiger partial charge in [-0.1, -0.05) is 37.3 Å². The molecule has 0 fully saturated rings. The van der Waals surface area contributed by atoms with Crippen molar-refractivity contribution >= 4 is 11.5 Å². The highest BCUT2D eigenvalue weighted by molar-refractivity contribution is 5.70. The molecule has 0 atom stereocenters. The number of aliphatic carboxylic acids is 1. The van der Waals surface area contributed by atoms with Crippen molar-refractivity contribution in [3.05, 3.63) is 48.1 Å². The van der Waals surface area contributed by atoms with E-state index >= 15 is 0 Å². The molecular formula is C15H18O3. The molecule has 1 aromatic carbocycles. The molecule has 0 aliphatic carbocycles. The van der Waals surface area contributed by atoms with Crippen LogP contribution in [0.5, 0.6) is 5.75 Å². The van der Waals surface area contributed by atoms with Gasteiger partial charge >= 0.3 is 5.97 Å². The third-order valence-electron chi connectivity index (χ3n) is 2.57. The number of methoxy groups -OCH3 is 1. The lowest BCUT2D eigenvalue weighted by Gasteiger charge is -2.05. The standard InChI is InChI=1S/C15H18O3/c1-3-12(6-4-5-7-15(16)17)13-8-10-14(18-2)11-9-13/h4-6,8-11H,3,7H2,1-2H3,(H,16,17)/b5-4+,12-6+. The highest BCUT2D eigenvalue weighted by Crippen LogP contribution is 2.21. The largest absolute Gasteiger partial charge is 0.497 e. The number of rotatable bonds is 6. The third kappa shape index (κ3) is 4.45. The van der Waals surface area contributed by atoms with Gasteiger partial charge in [-0.25, -0.2) is 0 Å². The topological polar surface area (TPSA) is 46.5 Å². The molecule has 0 spiro atoms. The number of carboxylic acids is 1. The van der Waals surface area contributed by atoms with Crippen LogP contribution in [0, 0.1) is 0 Å². The molecule has 0 radical (unpaired) electrons. The van der Waals surface area contributed by atoms with Crippen LogP contribution in [0.25, 0.3) is 5.57 Å². The summed E-state index contributed by atoms with van der Waals surface area (Å²) < 4.78 is 5.11. The second-order valence-corrected chi connectivity index (χ2v) is 3.80. The Labute approximate surface area is 107 Å². The molecule has 0 aliphatic heterocycles. The molecule has 0 bridgehead atoms. The van der Waals surface area contributed by atoms with Crippen LogP contribution < -0.4 is 4.74 Å². The van der Waals surface area contributed by atoms with Gasteiger partial charge in [0.15, 0.2) is 0 Å². The Bertz CT molecular complexity index is 441. The molecule has 1 N–H and O–H groups in total. The van der Waals surface area contributed by atoms with E-state index in [2.05, 4.69) is 6.92 Å². The minimum absolute atomic E-state index is 0.0517. The second-order valence-electron chi connectivity index (χ2n) is 3.80. The lowest BCUT2D eigenvalue weighted by atomic mass is 10.0. The van der Waals surface area contributed by atoms with Crippen molar-refractivity contribution in [2.75, 3.05) is 7.11 Å². The normalized spacial score (nSPS) is 11.8. The number of carboxylic acid groups (broad SMARTS) is 1. The fraction of sp³-hybridized carbons (Fsp3) is 0.267. The first-order chi connectivity index (χ1) is 8.67. The monoisotopic (exact) mass is 246 g/mol. The average Bonchev–Trinajstić information content (AvgIpc) is 2.39. The van der Waals surface area contributed by atoms with Gasteiger partial charge in [0.25, 0.3) is 0 Å². The highest BCUT2D eigenvalue weighted by Gasteiger charge is 1.98. The maximum absolute atomic E-state index is 10.4. The fourth-order valence-electron chi connectivity index (χ4n) is 1.58. The van der Waals surface area contributed by atoms with E-state index in [4.69, 9.17) is 9.84 Å². The minimum atomic E-state index is -0.817. The van der Waals surface area contributed by atoms with Crippen molar-refractivity contribution in [3.63, 3.8) is 0 Å². The zero-order chi connectivity index (χ0) is 13.4. The van der Waals surface area contributed by atoms with Gasteiger partial charge in [-0.05, 0) is 29.7 Å². The SMILES string of the molecule is CC/C(=C\C=C\CC(=O)O)c1ccc(OC)cc1. The minimum Gasteiger partial charge on any atom is -0.497 e. The first-order valence-electron chi connectivity index (χ1n) is 5.89. The highest BCUT2D eigenvalue weighted by atomic mass is 16.5. The summed E-state index contributed by atoms with van der Waals surface area (Å²) in [5.41, 5.74) is 2.29. The Morgan fingerprint density at radius 2 is 2.00 bits per heavy atom. The molecule has 0 aromatic heterocycles. The van der Waals surface area contributed by atoms with Crippen molar-refractivity contribution in [2.45, 2.75) is 19.8 Å². The zero-order valence-electron chi connectivity index (χ0n) is 10.7. The predicted octanol–water partition coefficient (Wildman–Crippen LogP) is 3.52. The predicted molar refractivity (Wildman–Crippen MR) is 72.7 cm³/mol. The van der Waals surface area contributed by atoms with Crippen molar-refractivity contribution in [2.24, 2.45) is 0 Å². The zero-order valence-corrected chi connectivity index (χ0v) is 10.7. The van der Waals surface area contributed by atoms with Gasteiger partial charge < -0.3 is 9.84 Å². The third-order valence-corrected chi connectivity index (χ3v) is 2.57. The lowest BCUT2D eigenvalue weighted by molar-refractivity contribution is -0.136. The van der Waals surface area contributed by atoms with Crippen molar-refractivity contribution in [1.82, 2.24) is 0 Å². The van der Waals surface area contributed by atoms with Crippen LogP contribution in [-0.2, 0) is 4.79 Å². The van der Waals surface area contributed by atoms with Crippen LogP contribution in [0.2, 0.25) is 0 Å². The van der Waals surface area contributed by atoms with Gasteiger partial charge in [0.1, 0.15) is 5.75 Å². The van der Waals surface area contributed by atoms with Gasteiger partial charge in [-0.3, -0.25) is 4.79 Å². The van der Waals surface area contributed by atoms with E-state index in [1.54, 1.807) is 19.3 Å². The number of hydrogen-bond donors (Lipinski definition) is 1. The molecule has 0 saturated carbocycles. The molecule has 3 heteroatoms. The lowest BCUT2D eigenvalue weighted by Crippen LogP contribution is -1.89. The van der Waals surface area contributed by atoms with Crippen LogP contribution in [0.1, 0.15) is 25.3 Å². The Morgan fingerprint density at radius 3 is 2.50 bits per heavy atom. The Morgan fingerprint density at radius 1 is 1.33 bits per heavy atom. The van der Waals surface area contributed by atoms with Gasteiger partial charge in [-0.2, -0.15) is 0 Å². The molecule has 0 heterocycles. The van der Waals surface area contributed by atoms with E-state index in [9.17, 15) is 4.79 Å². The van der Waals surface area contributed by atoms with Crippen LogP contribution >= 0.6 is 0 Å². The van der Waals surface area contributed by atoms with Gasteiger partial charge in [0, 0.05) is 0 Å². The molecule has 0 amide bonds. The Balaban J connectivity index is 2.78. The summed E-state index contributed by atoms with van der Waals surface area (Å²) in [6, 6.07) is 7.83. The second kappa shape index (κ2) is 7.33. The summed E-state index contributed by atoms with van der Waals surface area (Å²) in [6.07, 6.45) is 6.32. The van der Waals surface area contributed by atoms with E-state index in [0.29, 0.717) is 0 Å². The number of benzene rings is 1. The van der Waals surface area contributed by atoms with E-state index < -0.39 is 5.97 Å². The summed E-state index contributed by atoms with van der Waals surface area (Å²) in [6.45, 7) is 2.07. The van der Waals surface area contributed by atoms with Gasteiger partial charge in [0.2, 0.25) is 0 Å². The summed E-state index contributed by atoms with van der Waals surface area (Å²) >= 11 is 0. The van der Waals surface area contributed by atoms with Crippen LogP contribution in [0.3, 0.4) is 0 Å². The van der Waals surface area contributed by atoms with Crippen molar-refractivity contribution in [1.29, 1.82) is 0 Å². The number of ether oxygens (including phenoxy) is 1. The molecule has 0 unspecified atom stereocenters. The van der Waals surface area contributed by atoms with Crippen LogP contribution in [-0.4, -0.2) is 18.2 Å². The molecule has 3 nitrogen and oxygen atoms in total.